The summed E-state index contributed by atoms with van der Waals surface area (Å²) < 4.78 is 12.7. The molecule has 3 atom stereocenters. The van der Waals surface area contributed by atoms with Gasteiger partial charge in [0.1, 0.15) is 11.3 Å². The molecule has 1 aliphatic carbocycles. The Morgan fingerprint density at radius 1 is 0.938 bits per heavy atom. The van der Waals surface area contributed by atoms with Gasteiger partial charge in [0.25, 0.3) is 0 Å². The fourth-order valence-electron chi connectivity index (χ4n) is 3.91. The van der Waals surface area contributed by atoms with Crippen LogP contribution in [0.25, 0.3) is 0 Å². The first-order valence-electron chi connectivity index (χ1n) is 10.2. The van der Waals surface area contributed by atoms with Crippen molar-refractivity contribution in [1.82, 2.24) is 9.55 Å². The fourth-order valence-corrected chi connectivity index (χ4v) is 4.03. The van der Waals surface area contributed by atoms with Crippen LogP contribution in [0.15, 0.2) is 77.7 Å². The van der Waals surface area contributed by atoms with Crippen molar-refractivity contribution in [1.29, 1.82) is 0 Å². The third-order valence-electron chi connectivity index (χ3n) is 5.45. The van der Waals surface area contributed by atoms with Crippen LogP contribution in [0, 0.1) is 5.92 Å². The van der Waals surface area contributed by atoms with E-state index in [1.807, 2.05) is 12.1 Å². The standard InChI is InChI=1S/C24H21ClN2O5/c25-21-11-12-27(24(30)26-21)19-13-16(15-31-22(28)17-7-3-1-4-8-17)14-20(19)32-23(29)18-9-5-2-6-10-18/h1-12,16,19-20H,13-15H2/t16-,19+,20+/m0/s1. The van der Waals surface area contributed by atoms with Crippen LogP contribution in [0.1, 0.15) is 39.6 Å². The Hall–Kier alpha value is -3.45. The van der Waals surface area contributed by atoms with Crippen molar-refractivity contribution in [2.24, 2.45) is 5.92 Å². The Morgan fingerprint density at radius 2 is 1.56 bits per heavy atom. The summed E-state index contributed by atoms with van der Waals surface area (Å²) in [6.07, 6.45) is 1.89. The van der Waals surface area contributed by atoms with Crippen molar-refractivity contribution in [2.75, 3.05) is 6.61 Å². The molecule has 0 bridgehead atoms. The van der Waals surface area contributed by atoms with Crippen LogP contribution >= 0.6 is 11.6 Å². The van der Waals surface area contributed by atoms with E-state index in [0.717, 1.165) is 0 Å². The highest BCUT2D eigenvalue weighted by molar-refractivity contribution is 6.29. The second-order valence-electron chi connectivity index (χ2n) is 7.62. The summed E-state index contributed by atoms with van der Waals surface area (Å²) in [7, 11) is 0. The molecule has 0 spiro atoms. The van der Waals surface area contributed by atoms with Gasteiger partial charge in [-0.2, -0.15) is 4.98 Å². The topological polar surface area (TPSA) is 87.5 Å². The summed E-state index contributed by atoms with van der Waals surface area (Å²) in [5.41, 5.74) is 0.365. The minimum absolute atomic E-state index is 0.0930. The number of carbonyl (C=O) groups is 2. The molecule has 0 radical (unpaired) electrons. The number of hydrogen-bond acceptors (Lipinski definition) is 6. The molecule has 1 heterocycles. The molecule has 3 aromatic rings. The van der Waals surface area contributed by atoms with Crippen LogP contribution in [-0.4, -0.2) is 34.2 Å². The summed E-state index contributed by atoms with van der Waals surface area (Å²) in [6.45, 7) is 0.152. The maximum absolute atomic E-state index is 12.6. The van der Waals surface area contributed by atoms with Crippen LogP contribution in [0.4, 0.5) is 0 Å². The SMILES string of the molecule is O=C(OC[C@H]1C[C@@H](n2ccc(Cl)nc2=O)[C@H](OC(=O)c2ccccc2)C1)c1ccccc1. The Bertz CT molecular complexity index is 1150. The molecular formula is C24H21ClN2O5. The predicted molar refractivity (Wildman–Crippen MR) is 118 cm³/mol. The van der Waals surface area contributed by atoms with Gasteiger partial charge in [0.05, 0.1) is 23.8 Å². The lowest BCUT2D eigenvalue weighted by molar-refractivity contribution is 0.0195. The number of esters is 2. The number of carbonyl (C=O) groups excluding carboxylic acids is 2. The molecule has 2 aromatic carbocycles. The molecule has 0 saturated heterocycles. The molecule has 0 unspecified atom stereocenters. The zero-order valence-corrected chi connectivity index (χ0v) is 17.9. The third-order valence-corrected chi connectivity index (χ3v) is 5.66. The Balaban J connectivity index is 1.50. The molecule has 1 fully saturated rings. The van der Waals surface area contributed by atoms with Crippen LogP contribution in [0.5, 0.6) is 0 Å². The molecule has 0 amide bonds. The molecule has 32 heavy (non-hydrogen) atoms. The average Bonchev–Trinajstić information content (AvgIpc) is 3.20. The van der Waals surface area contributed by atoms with Crippen molar-refractivity contribution in [3.63, 3.8) is 0 Å². The van der Waals surface area contributed by atoms with Crippen molar-refractivity contribution in [3.05, 3.63) is 99.7 Å². The van der Waals surface area contributed by atoms with Crippen molar-refractivity contribution < 1.29 is 19.1 Å². The van der Waals surface area contributed by atoms with E-state index >= 15 is 0 Å². The average molecular weight is 453 g/mol. The molecule has 1 saturated carbocycles. The summed E-state index contributed by atoms with van der Waals surface area (Å²) in [5.74, 6) is -0.987. The van der Waals surface area contributed by atoms with E-state index in [1.165, 1.54) is 10.6 Å². The van der Waals surface area contributed by atoms with Gasteiger partial charge in [-0.15, -0.1) is 0 Å². The lowest BCUT2D eigenvalue weighted by Crippen LogP contribution is -2.33. The lowest BCUT2D eigenvalue weighted by atomic mass is 10.1. The second kappa shape index (κ2) is 9.78. The minimum Gasteiger partial charge on any atom is -0.462 e. The van der Waals surface area contributed by atoms with Gasteiger partial charge in [-0.25, -0.2) is 14.4 Å². The maximum atomic E-state index is 12.6. The summed E-state index contributed by atoms with van der Waals surface area (Å²) >= 11 is 5.83. The number of hydrogen-bond donors (Lipinski definition) is 0. The first-order chi connectivity index (χ1) is 15.5. The lowest BCUT2D eigenvalue weighted by Gasteiger charge is -2.21. The number of nitrogens with zero attached hydrogens (tertiary/aromatic N) is 2. The number of halogens is 1. The Kier molecular flexibility index (Phi) is 6.66. The quantitative estimate of drug-likeness (QED) is 0.416. The highest BCUT2D eigenvalue weighted by atomic mass is 35.5. The van der Waals surface area contributed by atoms with Crippen LogP contribution < -0.4 is 5.69 Å². The maximum Gasteiger partial charge on any atom is 0.349 e. The van der Waals surface area contributed by atoms with Gasteiger partial charge in [-0.3, -0.25) is 4.57 Å². The van der Waals surface area contributed by atoms with Crippen LogP contribution in [0.3, 0.4) is 0 Å². The predicted octanol–water partition coefficient (Wildman–Crippen LogP) is 3.93. The molecular weight excluding hydrogens is 432 g/mol. The van der Waals surface area contributed by atoms with Gasteiger partial charge in [0.15, 0.2) is 0 Å². The monoisotopic (exact) mass is 452 g/mol. The summed E-state index contributed by atoms with van der Waals surface area (Å²) in [4.78, 5) is 41.1. The van der Waals surface area contributed by atoms with Gasteiger partial charge in [-0.1, -0.05) is 48.0 Å². The largest absolute Gasteiger partial charge is 0.462 e. The van der Waals surface area contributed by atoms with Gasteiger partial charge in [0.2, 0.25) is 0 Å². The Morgan fingerprint density at radius 3 is 2.19 bits per heavy atom. The molecule has 4 rings (SSSR count). The molecule has 0 N–H and O–H groups in total. The second-order valence-corrected chi connectivity index (χ2v) is 8.01. The van der Waals surface area contributed by atoms with Gasteiger partial charge in [-0.05, 0) is 49.1 Å². The molecule has 0 aliphatic heterocycles. The third kappa shape index (κ3) is 5.06. The molecule has 8 heteroatoms. The normalized spacial score (nSPS) is 20.0. The first-order valence-corrected chi connectivity index (χ1v) is 10.6. The zero-order chi connectivity index (χ0) is 22.5. The van der Waals surface area contributed by atoms with Gasteiger partial charge < -0.3 is 9.47 Å². The number of aromatic nitrogens is 2. The molecule has 164 valence electrons. The highest BCUT2D eigenvalue weighted by Crippen LogP contribution is 2.37. The van der Waals surface area contributed by atoms with Crippen molar-refractivity contribution in [2.45, 2.75) is 25.0 Å². The summed E-state index contributed by atoms with van der Waals surface area (Å²) in [5, 5.41) is 0.0930. The smallest absolute Gasteiger partial charge is 0.349 e. The molecule has 7 nitrogen and oxygen atoms in total. The Labute approximate surface area is 189 Å². The van der Waals surface area contributed by atoms with Gasteiger partial charge in [0, 0.05) is 6.20 Å². The highest BCUT2D eigenvalue weighted by Gasteiger charge is 2.39. The zero-order valence-electron chi connectivity index (χ0n) is 17.1. The number of rotatable bonds is 6. The van der Waals surface area contributed by atoms with E-state index in [0.29, 0.717) is 24.0 Å². The van der Waals surface area contributed by atoms with Gasteiger partial charge >= 0.3 is 17.6 Å². The van der Waals surface area contributed by atoms with Crippen molar-refractivity contribution >= 4 is 23.5 Å². The molecule has 1 aromatic heterocycles. The first kappa shape index (κ1) is 21.8. The minimum atomic E-state index is -0.580. The fraction of sp³-hybridized carbons (Fsp3) is 0.250. The van der Waals surface area contributed by atoms with E-state index in [4.69, 9.17) is 21.1 Å². The van der Waals surface area contributed by atoms with Crippen molar-refractivity contribution in [3.8, 4) is 0 Å². The van der Waals surface area contributed by atoms with E-state index < -0.39 is 29.8 Å². The van der Waals surface area contributed by atoms with Crippen LogP contribution in [-0.2, 0) is 9.47 Å². The van der Waals surface area contributed by atoms with E-state index in [2.05, 4.69) is 4.98 Å². The number of ether oxygens (including phenoxy) is 2. The van der Waals surface area contributed by atoms with E-state index in [-0.39, 0.29) is 17.7 Å². The summed E-state index contributed by atoms with van der Waals surface area (Å²) in [6, 6.07) is 18.4. The number of benzene rings is 2. The van der Waals surface area contributed by atoms with Crippen LogP contribution in [0.2, 0.25) is 5.15 Å². The van der Waals surface area contributed by atoms with E-state index in [1.54, 1.807) is 54.7 Å². The molecule has 1 aliphatic rings. The van der Waals surface area contributed by atoms with E-state index in [9.17, 15) is 14.4 Å².